The molecule has 0 aliphatic heterocycles. The summed E-state index contributed by atoms with van der Waals surface area (Å²) in [5.41, 5.74) is 1.06. The second kappa shape index (κ2) is 7.72. The van der Waals surface area contributed by atoms with Gasteiger partial charge < -0.3 is 19.5 Å². The van der Waals surface area contributed by atoms with E-state index >= 15 is 0 Å². The Morgan fingerprint density at radius 1 is 1.12 bits per heavy atom. The molecule has 0 unspecified atom stereocenters. The van der Waals surface area contributed by atoms with Crippen LogP contribution in [0.3, 0.4) is 0 Å². The Morgan fingerprint density at radius 3 is 2.42 bits per heavy atom. The molecule has 0 fully saturated rings. The van der Waals surface area contributed by atoms with E-state index in [9.17, 15) is 9.18 Å². The van der Waals surface area contributed by atoms with Crippen molar-refractivity contribution in [2.24, 2.45) is 0 Å². The van der Waals surface area contributed by atoms with Crippen LogP contribution < -0.4 is 14.8 Å². The molecule has 0 saturated heterocycles. The fourth-order valence-electron chi connectivity index (χ4n) is 2.70. The lowest BCUT2D eigenvalue weighted by Gasteiger charge is -2.10. The molecule has 0 bridgehead atoms. The van der Waals surface area contributed by atoms with Gasteiger partial charge in [-0.2, -0.15) is 0 Å². The van der Waals surface area contributed by atoms with Crippen molar-refractivity contribution in [3.63, 3.8) is 0 Å². The number of hydrogen-bond donors (Lipinski definition) is 1. The molecule has 0 saturated carbocycles. The summed E-state index contributed by atoms with van der Waals surface area (Å²) in [6.07, 6.45) is 0. The van der Waals surface area contributed by atoms with Crippen LogP contribution in [-0.2, 0) is 11.3 Å². The average Bonchev–Trinajstić information content (AvgIpc) is 3.01. The average molecular weight is 375 g/mol. The summed E-state index contributed by atoms with van der Waals surface area (Å²) in [6.45, 7) is 0.144. The summed E-state index contributed by atoms with van der Waals surface area (Å²) in [7, 11) is 4.58. The molecule has 5 nitrogen and oxygen atoms in total. The van der Waals surface area contributed by atoms with Crippen LogP contribution in [0.4, 0.5) is 10.1 Å². The van der Waals surface area contributed by atoms with Gasteiger partial charge in [-0.1, -0.05) is 6.07 Å². The van der Waals surface area contributed by atoms with E-state index in [1.807, 2.05) is 0 Å². The Labute approximate surface area is 154 Å². The predicted molar refractivity (Wildman–Crippen MR) is 100.0 cm³/mol. The number of nitrogens with one attached hydrogen (secondary N) is 1. The second-order valence-corrected chi connectivity index (χ2v) is 6.56. The van der Waals surface area contributed by atoms with Gasteiger partial charge in [0.15, 0.2) is 0 Å². The Balaban J connectivity index is 2.00. The third-order valence-corrected chi connectivity index (χ3v) is 5.06. The van der Waals surface area contributed by atoms with Gasteiger partial charge in [-0.05, 0) is 12.1 Å². The van der Waals surface area contributed by atoms with Gasteiger partial charge >= 0.3 is 0 Å². The van der Waals surface area contributed by atoms with E-state index in [-0.39, 0.29) is 18.3 Å². The summed E-state index contributed by atoms with van der Waals surface area (Å²) in [4.78, 5) is 13.2. The number of hydrogen-bond acceptors (Lipinski definition) is 5. The first kappa shape index (κ1) is 18.2. The molecular weight excluding hydrogens is 357 g/mol. The van der Waals surface area contributed by atoms with Crippen LogP contribution >= 0.6 is 11.3 Å². The zero-order valence-corrected chi connectivity index (χ0v) is 15.4. The van der Waals surface area contributed by atoms with Crippen LogP contribution in [0.5, 0.6) is 11.5 Å². The molecule has 0 radical (unpaired) electrons. The zero-order valence-electron chi connectivity index (χ0n) is 14.6. The number of thiophene rings is 1. The van der Waals surface area contributed by atoms with Crippen LogP contribution in [0.1, 0.15) is 15.2 Å². The van der Waals surface area contributed by atoms with Gasteiger partial charge in [0, 0.05) is 46.6 Å². The molecule has 1 N–H and O–H groups in total. The predicted octanol–water partition coefficient (Wildman–Crippen LogP) is 4.46. The lowest BCUT2D eigenvalue weighted by molar-refractivity contribution is 0.102. The van der Waals surface area contributed by atoms with E-state index in [1.54, 1.807) is 30.3 Å². The summed E-state index contributed by atoms with van der Waals surface area (Å²) >= 11 is 1.23. The number of carbonyl (C=O) groups excluding carboxylic acids is 1. The van der Waals surface area contributed by atoms with Crippen LogP contribution in [0.25, 0.3) is 10.1 Å². The van der Waals surface area contributed by atoms with Crippen molar-refractivity contribution in [2.75, 3.05) is 26.6 Å². The SMILES string of the molecule is COCc1c(C(=O)Nc2cc(OC)cc(OC)c2)sc2cccc(F)c12. The topological polar surface area (TPSA) is 56.8 Å². The van der Waals surface area contributed by atoms with Crippen molar-refractivity contribution in [2.45, 2.75) is 6.61 Å². The first-order valence-electron chi connectivity index (χ1n) is 7.80. The molecule has 1 heterocycles. The maximum Gasteiger partial charge on any atom is 0.266 e. The molecule has 0 aliphatic rings. The minimum atomic E-state index is -0.368. The van der Waals surface area contributed by atoms with Crippen LogP contribution in [0.15, 0.2) is 36.4 Å². The van der Waals surface area contributed by atoms with E-state index in [1.165, 1.54) is 38.7 Å². The van der Waals surface area contributed by atoms with Gasteiger partial charge in [-0.3, -0.25) is 4.79 Å². The first-order valence-corrected chi connectivity index (χ1v) is 8.62. The van der Waals surface area contributed by atoms with Gasteiger partial charge in [-0.15, -0.1) is 11.3 Å². The van der Waals surface area contributed by atoms with Crippen LogP contribution in [0, 0.1) is 5.82 Å². The van der Waals surface area contributed by atoms with Crippen molar-refractivity contribution in [1.29, 1.82) is 0 Å². The second-order valence-electron chi connectivity index (χ2n) is 5.51. The molecule has 0 aliphatic carbocycles. The van der Waals surface area contributed by atoms with Crippen molar-refractivity contribution in [1.82, 2.24) is 0 Å². The number of amides is 1. The normalized spacial score (nSPS) is 10.8. The molecule has 0 spiro atoms. The molecule has 3 rings (SSSR count). The number of ether oxygens (including phenoxy) is 3. The number of benzene rings is 2. The monoisotopic (exact) mass is 375 g/mol. The standard InChI is InChI=1S/C19H18FNO4S/c1-23-10-14-17-15(20)5-4-6-16(17)26-18(14)19(22)21-11-7-12(24-2)9-13(8-11)25-3/h4-9H,10H2,1-3H3,(H,21,22). The quantitative estimate of drug-likeness (QED) is 0.691. The molecule has 26 heavy (non-hydrogen) atoms. The molecular formula is C19H18FNO4S. The number of carbonyl (C=O) groups is 1. The smallest absolute Gasteiger partial charge is 0.266 e. The summed E-state index contributed by atoms with van der Waals surface area (Å²) in [6, 6.07) is 9.87. The number of rotatable bonds is 6. The summed E-state index contributed by atoms with van der Waals surface area (Å²) in [5.74, 6) is 0.402. The van der Waals surface area contributed by atoms with Crippen molar-refractivity contribution >= 4 is 33.0 Å². The van der Waals surface area contributed by atoms with E-state index in [0.717, 1.165) is 0 Å². The fourth-order valence-corrected chi connectivity index (χ4v) is 3.82. The molecule has 1 aromatic heterocycles. The van der Waals surface area contributed by atoms with Gasteiger partial charge in [0.2, 0.25) is 0 Å². The minimum Gasteiger partial charge on any atom is -0.497 e. The van der Waals surface area contributed by atoms with Crippen LogP contribution in [-0.4, -0.2) is 27.2 Å². The highest BCUT2D eigenvalue weighted by Gasteiger charge is 2.21. The third kappa shape index (κ3) is 3.49. The van der Waals surface area contributed by atoms with E-state index in [0.29, 0.717) is 37.7 Å². The number of methoxy groups -OCH3 is 3. The number of fused-ring (bicyclic) bond motifs is 1. The van der Waals surface area contributed by atoms with Gasteiger partial charge in [0.05, 0.1) is 25.7 Å². The highest BCUT2D eigenvalue weighted by molar-refractivity contribution is 7.21. The maximum atomic E-state index is 14.3. The molecule has 7 heteroatoms. The highest BCUT2D eigenvalue weighted by Crippen LogP contribution is 2.35. The zero-order chi connectivity index (χ0) is 18.7. The first-order chi connectivity index (χ1) is 12.6. The third-order valence-electron chi connectivity index (χ3n) is 3.87. The largest absolute Gasteiger partial charge is 0.497 e. The minimum absolute atomic E-state index is 0.144. The van der Waals surface area contributed by atoms with Crippen LogP contribution in [0.2, 0.25) is 0 Å². The Kier molecular flexibility index (Phi) is 5.39. The molecule has 1 amide bonds. The Morgan fingerprint density at radius 2 is 1.81 bits per heavy atom. The van der Waals surface area contributed by atoms with E-state index in [4.69, 9.17) is 14.2 Å². The molecule has 0 atom stereocenters. The van der Waals surface area contributed by atoms with Crippen molar-refractivity contribution in [3.8, 4) is 11.5 Å². The lowest BCUT2D eigenvalue weighted by atomic mass is 10.1. The number of halogens is 1. The lowest BCUT2D eigenvalue weighted by Crippen LogP contribution is -2.12. The Bertz CT molecular complexity index is 932. The van der Waals surface area contributed by atoms with E-state index in [2.05, 4.69) is 5.32 Å². The van der Waals surface area contributed by atoms with Gasteiger partial charge in [-0.25, -0.2) is 4.39 Å². The fraction of sp³-hybridized carbons (Fsp3) is 0.211. The summed E-state index contributed by atoms with van der Waals surface area (Å²) in [5, 5.41) is 3.24. The van der Waals surface area contributed by atoms with Crippen molar-refractivity contribution in [3.05, 3.63) is 52.7 Å². The van der Waals surface area contributed by atoms with E-state index < -0.39 is 0 Å². The van der Waals surface area contributed by atoms with Gasteiger partial charge in [0.25, 0.3) is 5.91 Å². The number of anilines is 1. The summed E-state index contributed by atoms with van der Waals surface area (Å²) < 4.78 is 30.6. The molecule has 2 aromatic carbocycles. The van der Waals surface area contributed by atoms with Gasteiger partial charge in [0.1, 0.15) is 17.3 Å². The van der Waals surface area contributed by atoms with Crippen molar-refractivity contribution < 1.29 is 23.4 Å². The molecule has 3 aromatic rings. The highest BCUT2D eigenvalue weighted by atomic mass is 32.1. The maximum absolute atomic E-state index is 14.3. The molecule has 136 valence electrons. The Hall–Kier alpha value is -2.64.